The molecule has 9 N–H and O–H groups in total. The molecule has 3 aromatic rings. The largest absolute Gasteiger partial charge is 0.508 e. The SMILES string of the molecule is CCCC(NC(=O)C(O)C(C)CC)C(=O)NC1CCCNC(=O)C(Cc2c[nH]c3ccc(O)cc23)NC(=O)/C=C/c2coc(n2)C(C)NC(=O)C(=O)C(CC(C)C)NC(=O)C2CCCN2C1=O. The Hall–Kier alpha value is -6.57. The number of oxazole rings is 1. The Balaban J connectivity index is 1.46. The number of nitrogens with one attached hydrogen (secondary N) is 7. The van der Waals surface area contributed by atoms with E-state index < -0.39 is 89.5 Å². The second kappa shape index (κ2) is 23.7. The fraction of sp³-hybridized carbons (Fsp3) is 0.553. The van der Waals surface area contributed by atoms with Crippen LogP contribution in [0.5, 0.6) is 5.75 Å². The normalized spacial score (nSPS) is 23.5. The Bertz CT molecular complexity index is 2300. The van der Waals surface area contributed by atoms with Crippen molar-refractivity contribution in [3.63, 3.8) is 0 Å². The van der Waals surface area contributed by atoms with Crippen LogP contribution in [0.15, 0.2) is 41.2 Å². The quantitative estimate of drug-likeness (QED) is 0.118. The first-order chi connectivity index (χ1) is 31.9. The van der Waals surface area contributed by atoms with Gasteiger partial charge in [-0.1, -0.05) is 47.5 Å². The Labute approximate surface area is 389 Å². The number of amides is 7. The topological polar surface area (TPSA) is 294 Å². The number of Topliss-reactive ketones (excluding diaryl/α,β-unsaturated/α-hetero) is 1. The molecule has 67 heavy (non-hydrogen) atoms. The van der Waals surface area contributed by atoms with E-state index in [4.69, 9.17) is 4.42 Å². The van der Waals surface area contributed by atoms with Crippen LogP contribution in [0.3, 0.4) is 0 Å². The second-order valence-electron chi connectivity index (χ2n) is 17.9. The van der Waals surface area contributed by atoms with Crippen LogP contribution >= 0.6 is 0 Å². The third-order valence-corrected chi connectivity index (χ3v) is 12.1. The third-order valence-electron chi connectivity index (χ3n) is 12.1. The molecule has 4 heterocycles. The molecule has 0 radical (unpaired) electrons. The molecule has 20 heteroatoms. The zero-order valence-corrected chi connectivity index (χ0v) is 39.0. The van der Waals surface area contributed by atoms with Gasteiger partial charge in [0, 0.05) is 42.7 Å². The standard InChI is InChI=1S/C47H65N9O11/c1-7-11-33(53-44(64)39(59)26(5)8-2)42(62)54-34-12-9-18-48-41(61)36(21-28-23-49-32-16-15-30(57)22-31(28)32)52-38(58)17-14-29-24-67-46(51-29)27(6)50-45(65)40(60)35(20-25(3)4)55-43(63)37-13-10-19-56(37)47(34)66/h14-17,22-27,33-37,39,49,57,59H,7-13,18-21H2,1-6H3,(H,48,61)(H,50,65)(H,52,58)(H,53,64)(H,54,62)(H,55,63)/b17-14+. The maximum Gasteiger partial charge on any atom is 0.290 e. The molecule has 2 aromatic heterocycles. The number of phenols is 1. The molecule has 2 aliphatic heterocycles. The van der Waals surface area contributed by atoms with Gasteiger partial charge in [0.15, 0.2) is 0 Å². The zero-order valence-electron chi connectivity index (χ0n) is 39.0. The lowest BCUT2D eigenvalue weighted by molar-refractivity contribution is -0.144. The predicted octanol–water partition coefficient (Wildman–Crippen LogP) is 1.96. The first-order valence-electron chi connectivity index (χ1n) is 23.2. The van der Waals surface area contributed by atoms with Crippen LogP contribution in [0.2, 0.25) is 0 Å². The van der Waals surface area contributed by atoms with Crippen molar-refractivity contribution in [3.05, 3.63) is 53.9 Å². The summed E-state index contributed by atoms with van der Waals surface area (Å²) >= 11 is 0. The molecule has 0 spiro atoms. The molecule has 1 saturated heterocycles. The molecule has 1 fully saturated rings. The van der Waals surface area contributed by atoms with Gasteiger partial charge in [0.2, 0.25) is 47.1 Å². The van der Waals surface area contributed by atoms with Gasteiger partial charge >= 0.3 is 0 Å². The number of hydrogen-bond acceptors (Lipinski definition) is 12. The van der Waals surface area contributed by atoms with Crippen LogP contribution in [0.1, 0.15) is 116 Å². The minimum absolute atomic E-state index is 0.00276. The Morgan fingerprint density at radius 1 is 0.955 bits per heavy atom. The molecule has 8 atom stereocenters. The van der Waals surface area contributed by atoms with Crippen molar-refractivity contribution in [2.45, 2.75) is 142 Å². The van der Waals surface area contributed by atoms with Gasteiger partial charge in [-0.2, -0.15) is 0 Å². The highest BCUT2D eigenvalue weighted by molar-refractivity contribution is 6.38. The number of rotatable bonds is 12. The first-order valence-corrected chi connectivity index (χ1v) is 23.2. The Kier molecular flexibility index (Phi) is 18.2. The number of aliphatic hydroxyl groups excluding tert-OH is 1. The van der Waals surface area contributed by atoms with Crippen LogP contribution < -0.4 is 31.9 Å². The average Bonchev–Trinajstić information content (AvgIpc) is 4.08. The molecular formula is C47H65N9O11. The van der Waals surface area contributed by atoms with Gasteiger partial charge in [0.05, 0.1) is 6.04 Å². The van der Waals surface area contributed by atoms with Crippen LogP contribution in [-0.2, 0) is 44.8 Å². The van der Waals surface area contributed by atoms with Crippen molar-refractivity contribution in [1.29, 1.82) is 0 Å². The maximum atomic E-state index is 14.6. The molecule has 7 amide bonds. The van der Waals surface area contributed by atoms with E-state index in [1.165, 1.54) is 36.3 Å². The predicted molar refractivity (Wildman–Crippen MR) is 245 cm³/mol. The van der Waals surface area contributed by atoms with E-state index in [1.54, 1.807) is 19.2 Å². The van der Waals surface area contributed by atoms with E-state index in [-0.39, 0.29) is 80.8 Å². The molecule has 20 nitrogen and oxygen atoms in total. The monoisotopic (exact) mass is 931 g/mol. The summed E-state index contributed by atoms with van der Waals surface area (Å²) in [6.07, 6.45) is 6.05. The van der Waals surface area contributed by atoms with Crippen LogP contribution in [0.25, 0.3) is 17.0 Å². The summed E-state index contributed by atoms with van der Waals surface area (Å²) in [7, 11) is 0. The molecular weight excluding hydrogens is 867 g/mol. The smallest absolute Gasteiger partial charge is 0.290 e. The maximum absolute atomic E-state index is 14.6. The highest BCUT2D eigenvalue weighted by atomic mass is 16.3. The Morgan fingerprint density at radius 3 is 2.43 bits per heavy atom. The summed E-state index contributed by atoms with van der Waals surface area (Å²) in [5.74, 6) is -6.34. The fourth-order valence-corrected chi connectivity index (χ4v) is 8.15. The van der Waals surface area contributed by atoms with Crippen LogP contribution in [-0.4, -0.2) is 122 Å². The third kappa shape index (κ3) is 13.7. The van der Waals surface area contributed by atoms with Crippen LogP contribution in [0, 0.1) is 11.8 Å². The Morgan fingerprint density at radius 2 is 1.72 bits per heavy atom. The summed E-state index contributed by atoms with van der Waals surface area (Å²) < 4.78 is 5.55. The summed E-state index contributed by atoms with van der Waals surface area (Å²) in [6, 6.07) is -2.01. The highest BCUT2D eigenvalue weighted by Gasteiger charge is 2.40. The number of aliphatic hydroxyl groups is 1. The van der Waals surface area contributed by atoms with E-state index in [0.717, 1.165) is 6.08 Å². The summed E-state index contributed by atoms with van der Waals surface area (Å²) in [6.45, 7) is 10.6. The summed E-state index contributed by atoms with van der Waals surface area (Å²) in [5, 5.41) is 37.7. The highest BCUT2D eigenvalue weighted by Crippen LogP contribution is 2.25. The number of aromatic amines is 1. The number of ketones is 1. The average molecular weight is 932 g/mol. The van der Waals surface area contributed by atoms with Gasteiger partial charge < -0.3 is 56.4 Å². The molecule has 1 aromatic carbocycles. The second-order valence-corrected chi connectivity index (χ2v) is 17.9. The van der Waals surface area contributed by atoms with Crippen molar-refractivity contribution in [1.82, 2.24) is 46.8 Å². The van der Waals surface area contributed by atoms with Crippen molar-refractivity contribution >= 4 is 64.1 Å². The number of hydrogen-bond donors (Lipinski definition) is 9. The van der Waals surface area contributed by atoms with Gasteiger partial charge in [-0.15, -0.1) is 0 Å². The number of H-pyrrole nitrogens is 1. The molecule has 2 bridgehead atoms. The number of fused-ring (bicyclic) bond motifs is 4. The van der Waals surface area contributed by atoms with Crippen molar-refractivity contribution in [2.24, 2.45) is 11.8 Å². The van der Waals surface area contributed by atoms with Crippen molar-refractivity contribution in [2.75, 3.05) is 13.1 Å². The van der Waals surface area contributed by atoms with Gasteiger partial charge in [-0.3, -0.25) is 38.4 Å². The number of carbonyl (C=O) groups is 8. The number of benzene rings is 1. The summed E-state index contributed by atoms with van der Waals surface area (Å²) in [5.41, 5.74) is 1.52. The van der Waals surface area contributed by atoms with E-state index in [2.05, 4.69) is 41.9 Å². The molecule has 2 aliphatic rings. The molecule has 0 saturated carbocycles. The van der Waals surface area contributed by atoms with Crippen molar-refractivity contribution in [3.8, 4) is 5.75 Å². The summed E-state index contributed by atoms with van der Waals surface area (Å²) in [4.78, 5) is 119. The number of nitrogens with zero attached hydrogens (tertiary/aromatic N) is 2. The van der Waals surface area contributed by atoms with Crippen LogP contribution in [0.4, 0.5) is 0 Å². The molecule has 364 valence electrons. The molecule has 8 unspecified atom stereocenters. The fourth-order valence-electron chi connectivity index (χ4n) is 8.15. The van der Waals surface area contributed by atoms with Crippen molar-refractivity contribution < 1.29 is 53.0 Å². The number of carbonyl (C=O) groups excluding carboxylic acids is 8. The van der Waals surface area contributed by atoms with E-state index in [0.29, 0.717) is 35.7 Å². The number of phenolic OH excluding ortho intramolecular Hbond substituents is 1. The molecule has 5 rings (SSSR count). The minimum Gasteiger partial charge on any atom is -0.508 e. The lowest BCUT2D eigenvalue weighted by Crippen LogP contribution is -2.58. The van der Waals surface area contributed by atoms with Gasteiger partial charge in [0.1, 0.15) is 54.0 Å². The van der Waals surface area contributed by atoms with E-state index >= 15 is 0 Å². The van der Waals surface area contributed by atoms with E-state index in [1.807, 2.05) is 27.7 Å². The minimum atomic E-state index is -1.37. The van der Waals surface area contributed by atoms with Gasteiger partial charge in [-0.05, 0) is 87.1 Å². The molecule has 0 aliphatic carbocycles. The van der Waals surface area contributed by atoms with Gasteiger partial charge in [0.25, 0.3) is 5.91 Å². The van der Waals surface area contributed by atoms with Gasteiger partial charge in [-0.25, -0.2) is 4.98 Å². The lowest BCUT2D eigenvalue weighted by atomic mass is 9.98. The first kappa shape index (κ1) is 51.4. The lowest BCUT2D eigenvalue weighted by Gasteiger charge is -2.31. The zero-order chi connectivity index (χ0) is 48.9. The van der Waals surface area contributed by atoms with E-state index in [9.17, 15) is 48.6 Å². The number of aromatic nitrogens is 2. The number of aromatic hydroxyl groups is 1.